The van der Waals surface area contributed by atoms with Gasteiger partial charge in [0.2, 0.25) is 0 Å². The second kappa shape index (κ2) is 5.09. The number of rotatable bonds is 2. The number of amidine groups is 1. The molecule has 0 atom stereocenters. The van der Waals surface area contributed by atoms with Gasteiger partial charge in [-0.1, -0.05) is 39.2 Å². The Morgan fingerprint density at radius 3 is 2.00 bits per heavy atom. The van der Waals surface area contributed by atoms with E-state index >= 15 is 0 Å². The zero-order valence-electron chi connectivity index (χ0n) is 7.98. The van der Waals surface area contributed by atoms with Gasteiger partial charge in [-0.05, 0) is 0 Å². The molecule has 3 heteroatoms. The van der Waals surface area contributed by atoms with E-state index < -0.39 is 0 Å². The number of carbonyl (C=O) groups excluding carboxylic acids is 1. The molecule has 1 amide bonds. The fraction of sp³-hybridized carbons (Fsp3) is 0.200. The molecule has 0 radical (unpaired) electrons. The number of carbonyl (C=O) groups is 1. The maximum atomic E-state index is 11.0. The molecule has 0 spiro atoms. The first-order chi connectivity index (χ1) is 6.20. The Morgan fingerprint density at radius 1 is 1.23 bits per heavy atom. The smallest absolute Gasteiger partial charge is 0.257 e. The predicted octanol–water partition coefficient (Wildman–Crippen LogP) is 1.79. The molecule has 0 aromatic heterocycles. The fourth-order valence-electron chi connectivity index (χ4n) is 0.920. The monoisotopic (exact) mass is 178 g/mol. The van der Waals surface area contributed by atoms with Gasteiger partial charge in [-0.15, -0.1) is 0 Å². The molecular formula is C10H14N2O. The van der Waals surface area contributed by atoms with Gasteiger partial charge in [0.05, 0.1) is 5.57 Å². The van der Waals surface area contributed by atoms with Crippen LogP contribution in [-0.4, -0.2) is 11.7 Å². The molecule has 0 bridgehead atoms. The summed E-state index contributed by atoms with van der Waals surface area (Å²) in [6, 6.07) is 0. The summed E-state index contributed by atoms with van der Waals surface area (Å²) >= 11 is 0. The average molecular weight is 178 g/mol. The van der Waals surface area contributed by atoms with E-state index in [0.717, 1.165) is 0 Å². The lowest BCUT2D eigenvalue weighted by atomic mass is 10.1. The molecule has 0 aromatic carbocycles. The van der Waals surface area contributed by atoms with E-state index in [4.69, 9.17) is 5.41 Å². The van der Waals surface area contributed by atoms with Crippen LogP contribution in [0.1, 0.15) is 13.8 Å². The van der Waals surface area contributed by atoms with E-state index in [1.807, 2.05) is 13.8 Å². The summed E-state index contributed by atoms with van der Waals surface area (Å²) in [5.74, 6) is -0.181. The molecule has 13 heavy (non-hydrogen) atoms. The van der Waals surface area contributed by atoms with Crippen LogP contribution in [0.15, 0.2) is 36.5 Å². The van der Waals surface area contributed by atoms with Crippen molar-refractivity contribution >= 4 is 11.7 Å². The van der Waals surface area contributed by atoms with Crippen LogP contribution >= 0.6 is 0 Å². The van der Waals surface area contributed by atoms with E-state index in [1.165, 1.54) is 12.2 Å². The van der Waals surface area contributed by atoms with Gasteiger partial charge in [-0.2, -0.15) is 0 Å². The highest BCUT2D eigenvalue weighted by Gasteiger charge is 2.22. The topological polar surface area (TPSA) is 53.0 Å². The first-order valence-corrected chi connectivity index (χ1v) is 4.10. The van der Waals surface area contributed by atoms with Gasteiger partial charge in [0.15, 0.2) is 0 Å². The van der Waals surface area contributed by atoms with Crippen molar-refractivity contribution in [3.05, 3.63) is 36.5 Å². The Bertz CT molecular complexity index is 259. The normalized spacial score (nSPS) is 14.6. The molecule has 0 saturated heterocycles. The highest BCUT2D eigenvalue weighted by molar-refractivity contribution is 6.22. The molecule has 1 aliphatic heterocycles. The summed E-state index contributed by atoms with van der Waals surface area (Å²) < 4.78 is 0. The third kappa shape index (κ3) is 2.15. The van der Waals surface area contributed by atoms with Crippen LogP contribution in [0.3, 0.4) is 0 Å². The Hall–Kier alpha value is -1.64. The van der Waals surface area contributed by atoms with Crippen molar-refractivity contribution in [1.82, 2.24) is 5.32 Å². The summed E-state index contributed by atoms with van der Waals surface area (Å²) in [5, 5.41) is 9.61. The first-order valence-electron chi connectivity index (χ1n) is 4.10. The molecule has 0 aromatic rings. The van der Waals surface area contributed by atoms with Crippen molar-refractivity contribution in [3.63, 3.8) is 0 Å². The van der Waals surface area contributed by atoms with Crippen LogP contribution in [0, 0.1) is 5.41 Å². The molecule has 2 N–H and O–H groups in total. The second-order valence-electron chi connectivity index (χ2n) is 2.06. The lowest BCUT2D eigenvalue weighted by Gasteiger charge is -1.90. The minimum atomic E-state index is -0.278. The van der Waals surface area contributed by atoms with Crippen LogP contribution in [0.5, 0.6) is 0 Å². The Labute approximate surface area is 78.4 Å². The van der Waals surface area contributed by atoms with Gasteiger partial charge >= 0.3 is 0 Å². The molecule has 3 nitrogen and oxygen atoms in total. The van der Waals surface area contributed by atoms with E-state index in [2.05, 4.69) is 18.5 Å². The van der Waals surface area contributed by atoms with Crippen molar-refractivity contribution < 1.29 is 4.79 Å². The molecule has 0 fully saturated rings. The van der Waals surface area contributed by atoms with E-state index in [9.17, 15) is 4.79 Å². The van der Waals surface area contributed by atoms with Crippen LogP contribution in [0.2, 0.25) is 0 Å². The molecular weight excluding hydrogens is 164 g/mol. The molecule has 70 valence electrons. The summed E-state index contributed by atoms with van der Waals surface area (Å²) in [6.07, 6.45) is 2.89. The zero-order chi connectivity index (χ0) is 10.4. The van der Waals surface area contributed by atoms with Crippen molar-refractivity contribution in [1.29, 1.82) is 5.41 Å². The van der Waals surface area contributed by atoms with Crippen LogP contribution in [0.4, 0.5) is 0 Å². The van der Waals surface area contributed by atoms with Gasteiger partial charge in [-0.3, -0.25) is 10.2 Å². The maximum Gasteiger partial charge on any atom is 0.257 e. The maximum absolute atomic E-state index is 11.0. The lowest BCUT2D eigenvalue weighted by Crippen LogP contribution is -2.22. The minimum Gasteiger partial charge on any atom is -0.307 e. The van der Waals surface area contributed by atoms with Gasteiger partial charge in [0, 0.05) is 5.57 Å². The highest BCUT2D eigenvalue weighted by Crippen LogP contribution is 2.13. The molecule has 0 aliphatic carbocycles. The van der Waals surface area contributed by atoms with E-state index in [1.54, 1.807) is 0 Å². The SMILES string of the molecule is C=CC1=C(C=C)C(=O)NC1=N.CC. The fourth-order valence-corrected chi connectivity index (χ4v) is 0.920. The summed E-state index contributed by atoms with van der Waals surface area (Å²) in [5.41, 5.74) is 0.940. The quantitative estimate of drug-likeness (QED) is 0.665. The van der Waals surface area contributed by atoms with E-state index in [-0.39, 0.29) is 11.7 Å². The standard InChI is InChI=1S/C8H8N2O.C2H6/c1-3-5-6(4-2)8(11)10-7(5)9;1-2/h3-4H,1-2H2,(H2,9,10,11);1-2H3. The van der Waals surface area contributed by atoms with Crippen LogP contribution in [0.25, 0.3) is 0 Å². The van der Waals surface area contributed by atoms with Crippen molar-refractivity contribution in [3.8, 4) is 0 Å². The summed E-state index contributed by atoms with van der Waals surface area (Å²) in [6.45, 7) is 10.9. The molecule has 0 saturated carbocycles. The molecule has 1 rings (SSSR count). The molecule has 1 heterocycles. The summed E-state index contributed by atoms with van der Waals surface area (Å²) in [7, 11) is 0. The molecule has 1 aliphatic rings. The number of hydrogen-bond acceptors (Lipinski definition) is 2. The van der Waals surface area contributed by atoms with Crippen molar-refractivity contribution in [2.75, 3.05) is 0 Å². The third-order valence-electron chi connectivity index (χ3n) is 1.45. The van der Waals surface area contributed by atoms with E-state index in [0.29, 0.717) is 11.1 Å². The lowest BCUT2D eigenvalue weighted by molar-refractivity contribution is -0.115. The minimum absolute atomic E-state index is 0.0971. The first kappa shape index (κ1) is 11.4. The van der Waals surface area contributed by atoms with Crippen molar-refractivity contribution in [2.45, 2.75) is 13.8 Å². The highest BCUT2D eigenvalue weighted by atomic mass is 16.2. The Morgan fingerprint density at radius 2 is 1.69 bits per heavy atom. The Balaban J connectivity index is 0.000000671. The zero-order valence-corrected chi connectivity index (χ0v) is 7.98. The van der Waals surface area contributed by atoms with Gasteiger partial charge < -0.3 is 5.32 Å². The third-order valence-corrected chi connectivity index (χ3v) is 1.45. The Kier molecular flexibility index (Phi) is 4.44. The number of hydrogen-bond donors (Lipinski definition) is 2. The predicted molar refractivity (Wildman–Crippen MR) is 54.6 cm³/mol. The largest absolute Gasteiger partial charge is 0.307 e. The van der Waals surface area contributed by atoms with Crippen molar-refractivity contribution in [2.24, 2.45) is 0 Å². The second-order valence-corrected chi connectivity index (χ2v) is 2.06. The van der Waals surface area contributed by atoms with Gasteiger partial charge in [0.25, 0.3) is 5.91 Å². The number of amides is 1. The van der Waals surface area contributed by atoms with Gasteiger partial charge in [0.1, 0.15) is 5.84 Å². The van der Waals surface area contributed by atoms with Crippen LogP contribution < -0.4 is 5.32 Å². The molecule has 0 unspecified atom stereocenters. The van der Waals surface area contributed by atoms with Crippen LogP contribution in [-0.2, 0) is 4.79 Å². The summed E-state index contributed by atoms with van der Waals surface area (Å²) in [4.78, 5) is 11.0. The van der Waals surface area contributed by atoms with Gasteiger partial charge in [-0.25, -0.2) is 0 Å². The number of nitrogens with one attached hydrogen (secondary N) is 2. The average Bonchev–Trinajstić information content (AvgIpc) is 2.43.